The molecule has 1 unspecified atom stereocenters. The second-order valence-corrected chi connectivity index (χ2v) is 11.4. The van der Waals surface area contributed by atoms with Gasteiger partial charge in [-0.2, -0.15) is 4.72 Å². The summed E-state index contributed by atoms with van der Waals surface area (Å²) in [6, 6.07) is 19.2. The van der Waals surface area contributed by atoms with Crippen molar-refractivity contribution in [3.63, 3.8) is 0 Å². The molecule has 1 atom stereocenters. The number of anilines is 1. The Kier molecular flexibility index (Phi) is 6.64. The summed E-state index contributed by atoms with van der Waals surface area (Å²) in [4.78, 5) is 19.7. The normalized spacial score (nSPS) is 15.9. The summed E-state index contributed by atoms with van der Waals surface area (Å²) < 4.78 is 29.7. The number of benzene rings is 3. The van der Waals surface area contributed by atoms with Gasteiger partial charge in [0.25, 0.3) is 0 Å². The molecule has 0 aliphatic carbocycles. The van der Waals surface area contributed by atoms with Crippen LogP contribution in [0.2, 0.25) is 0 Å². The fraction of sp³-hybridized carbons (Fsp3) is 0.286. The van der Waals surface area contributed by atoms with E-state index in [0.717, 1.165) is 39.9 Å². The van der Waals surface area contributed by atoms with E-state index in [2.05, 4.69) is 16.6 Å². The van der Waals surface area contributed by atoms with E-state index in [-0.39, 0.29) is 17.2 Å². The summed E-state index contributed by atoms with van der Waals surface area (Å²) in [6.45, 7) is 3.44. The van der Waals surface area contributed by atoms with Crippen molar-refractivity contribution >= 4 is 43.3 Å². The van der Waals surface area contributed by atoms with Crippen molar-refractivity contribution in [2.24, 2.45) is 5.92 Å². The number of hydrogen-bond acceptors (Lipinski definition) is 5. The molecule has 3 N–H and O–H groups in total. The molecular weight excluding hydrogens is 472 g/mol. The zero-order valence-corrected chi connectivity index (χ0v) is 21.0. The molecule has 4 aromatic rings. The number of hydrogen-bond donors (Lipinski definition) is 2. The molecular formula is C28H30N4O3S. The van der Waals surface area contributed by atoms with Crippen LogP contribution in [0, 0.1) is 5.92 Å². The van der Waals surface area contributed by atoms with Crippen molar-refractivity contribution in [2.45, 2.75) is 37.1 Å². The second kappa shape index (κ2) is 9.87. The number of carbonyl (C=O) groups excluding carboxylic acids is 1. The topological polar surface area (TPSA) is 105 Å². The lowest BCUT2D eigenvalue weighted by atomic mass is 9.97. The first-order valence-corrected chi connectivity index (χ1v) is 13.7. The number of piperidine rings is 1. The van der Waals surface area contributed by atoms with Gasteiger partial charge in [0.15, 0.2) is 0 Å². The summed E-state index contributed by atoms with van der Waals surface area (Å²) in [5.41, 5.74) is 6.83. The van der Waals surface area contributed by atoms with Gasteiger partial charge in [-0.25, -0.2) is 13.4 Å². The lowest BCUT2D eigenvalue weighted by molar-refractivity contribution is -0.134. The van der Waals surface area contributed by atoms with Crippen LogP contribution in [-0.4, -0.2) is 43.3 Å². The average Bonchev–Trinajstić information content (AvgIpc) is 2.88. The van der Waals surface area contributed by atoms with Gasteiger partial charge in [-0.1, -0.05) is 55.5 Å². The molecule has 7 nitrogen and oxygen atoms in total. The lowest BCUT2D eigenvalue weighted by Crippen LogP contribution is -2.51. The van der Waals surface area contributed by atoms with Gasteiger partial charge in [0, 0.05) is 24.7 Å². The van der Waals surface area contributed by atoms with E-state index in [0.29, 0.717) is 24.8 Å². The Morgan fingerprint density at radius 1 is 1.03 bits per heavy atom. The Morgan fingerprint density at radius 2 is 1.78 bits per heavy atom. The maximum Gasteiger partial charge on any atom is 0.241 e. The third-order valence-corrected chi connectivity index (χ3v) is 8.49. The molecule has 0 spiro atoms. The van der Waals surface area contributed by atoms with Gasteiger partial charge in [0.05, 0.1) is 4.90 Å². The van der Waals surface area contributed by atoms with Crippen LogP contribution in [0.15, 0.2) is 77.8 Å². The molecule has 1 aromatic heterocycles. The standard InChI is InChI=1S/C28H30N4O3S/c1-19-11-14-32(15-12-19)28(33)26(17-20-6-9-25-23(16-20)10-13-30-27(25)29)31-36(34,35)24-8-7-21-4-2-3-5-22(21)18-24/h2-10,13,16,18-19,26,31H,11-12,14-15,17H2,1H3,(H2,29,30). The molecule has 1 fully saturated rings. The highest BCUT2D eigenvalue weighted by atomic mass is 32.2. The van der Waals surface area contributed by atoms with E-state index in [4.69, 9.17) is 5.73 Å². The number of aromatic nitrogens is 1. The molecule has 186 valence electrons. The van der Waals surface area contributed by atoms with Gasteiger partial charge in [-0.3, -0.25) is 4.79 Å². The summed E-state index contributed by atoms with van der Waals surface area (Å²) in [6.07, 6.45) is 3.70. The van der Waals surface area contributed by atoms with Crippen molar-refractivity contribution in [3.05, 3.63) is 78.5 Å². The molecule has 0 saturated carbocycles. The number of nitrogen functional groups attached to an aromatic ring is 1. The largest absolute Gasteiger partial charge is 0.383 e. The number of amides is 1. The summed E-state index contributed by atoms with van der Waals surface area (Å²) in [5.74, 6) is 0.799. The summed E-state index contributed by atoms with van der Waals surface area (Å²) in [7, 11) is -3.94. The predicted molar refractivity (Wildman–Crippen MR) is 143 cm³/mol. The van der Waals surface area contributed by atoms with Gasteiger partial charge in [-0.15, -0.1) is 0 Å². The highest BCUT2D eigenvalue weighted by Crippen LogP contribution is 2.24. The Labute approximate surface area is 211 Å². The fourth-order valence-electron chi connectivity index (χ4n) is 4.83. The number of nitrogens with two attached hydrogens (primary N) is 1. The van der Waals surface area contributed by atoms with Crippen LogP contribution in [0.5, 0.6) is 0 Å². The van der Waals surface area contributed by atoms with Gasteiger partial charge < -0.3 is 10.6 Å². The van der Waals surface area contributed by atoms with Gasteiger partial charge in [0.2, 0.25) is 15.9 Å². The lowest BCUT2D eigenvalue weighted by Gasteiger charge is -2.33. The fourth-order valence-corrected chi connectivity index (χ4v) is 6.06. The highest BCUT2D eigenvalue weighted by Gasteiger charge is 2.31. The first-order chi connectivity index (χ1) is 17.3. The van der Waals surface area contributed by atoms with Crippen LogP contribution in [0.3, 0.4) is 0 Å². The number of carbonyl (C=O) groups is 1. The van der Waals surface area contributed by atoms with Crippen molar-refractivity contribution in [3.8, 4) is 0 Å². The number of sulfonamides is 1. The van der Waals surface area contributed by atoms with E-state index >= 15 is 0 Å². The molecule has 36 heavy (non-hydrogen) atoms. The van der Waals surface area contributed by atoms with Crippen molar-refractivity contribution < 1.29 is 13.2 Å². The summed E-state index contributed by atoms with van der Waals surface area (Å²) >= 11 is 0. The number of pyridine rings is 1. The third-order valence-electron chi connectivity index (χ3n) is 7.02. The van der Waals surface area contributed by atoms with E-state index in [9.17, 15) is 13.2 Å². The van der Waals surface area contributed by atoms with Crippen LogP contribution in [0.25, 0.3) is 21.5 Å². The Hall–Kier alpha value is -3.49. The predicted octanol–water partition coefficient (Wildman–Crippen LogP) is 4.12. The molecule has 1 amide bonds. The van der Waals surface area contributed by atoms with Crippen molar-refractivity contribution in [1.82, 2.24) is 14.6 Å². The molecule has 0 radical (unpaired) electrons. The van der Waals surface area contributed by atoms with Crippen LogP contribution < -0.4 is 10.5 Å². The summed E-state index contributed by atoms with van der Waals surface area (Å²) in [5, 5.41) is 3.51. The maximum absolute atomic E-state index is 13.6. The minimum Gasteiger partial charge on any atom is -0.383 e. The van der Waals surface area contributed by atoms with Crippen LogP contribution in [0.1, 0.15) is 25.3 Å². The number of fused-ring (bicyclic) bond motifs is 2. The van der Waals surface area contributed by atoms with Crippen LogP contribution >= 0.6 is 0 Å². The number of likely N-dealkylation sites (tertiary alicyclic amines) is 1. The monoisotopic (exact) mass is 502 g/mol. The zero-order chi connectivity index (χ0) is 25.3. The number of nitrogens with zero attached hydrogens (tertiary/aromatic N) is 2. The number of rotatable bonds is 6. The van der Waals surface area contributed by atoms with E-state index in [1.165, 1.54) is 0 Å². The zero-order valence-electron chi connectivity index (χ0n) is 20.2. The van der Waals surface area contributed by atoms with E-state index in [1.807, 2.05) is 48.5 Å². The van der Waals surface area contributed by atoms with Crippen molar-refractivity contribution in [2.75, 3.05) is 18.8 Å². The molecule has 1 saturated heterocycles. The number of nitrogens with one attached hydrogen (secondary N) is 1. The van der Waals surface area contributed by atoms with Crippen LogP contribution in [-0.2, 0) is 21.2 Å². The molecule has 2 heterocycles. The highest BCUT2D eigenvalue weighted by molar-refractivity contribution is 7.89. The van der Waals surface area contributed by atoms with Gasteiger partial charge in [0.1, 0.15) is 11.9 Å². The van der Waals surface area contributed by atoms with E-state index in [1.54, 1.807) is 29.3 Å². The Balaban J connectivity index is 1.46. The molecule has 0 bridgehead atoms. The Bertz CT molecular complexity index is 1530. The average molecular weight is 503 g/mol. The SMILES string of the molecule is CC1CCN(C(=O)C(Cc2ccc3c(N)nccc3c2)NS(=O)(=O)c2ccc3ccccc3c2)CC1. The molecule has 3 aromatic carbocycles. The quantitative estimate of drug-likeness (QED) is 0.413. The van der Waals surface area contributed by atoms with Gasteiger partial charge >= 0.3 is 0 Å². The minimum absolute atomic E-state index is 0.142. The first-order valence-electron chi connectivity index (χ1n) is 12.2. The van der Waals surface area contributed by atoms with Crippen LogP contribution in [0.4, 0.5) is 5.82 Å². The minimum atomic E-state index is -3.94. The van der Waals surface area contributed by atoms with Gasteiger partial charge in [-0.05, 0) is 65.1 Å². The maximum atomic E-state index is 13.6. The second-order valence-electron chi connectivity index (χ2n) is 9.65. The first kappa shape index (κ1) is 24.2. The molecule has 1 aliphatic heterocycles. The van der Waals surface area contributed by atoms with E-state index < -0.39 is 16.1 Å². The molecule has 8 heteroatoms. The smallest absolute Gasteiger partial charge is 0.241 e. The molecule has 5 rings (SSSR count). The molecule has 1 aliphatic rings. The van der Waals surface area contributed by atoms with Crippen molar-refractivity contribution in [1.29, 1.82) is 0 Å². The third kappa shape index (κ3) is 5.05. The Morgan fingerprint density at radius 3 is 2.56 bits per heavy atom.